The molecule has 1 amide bonds. The van der Waals surface area contributed by atoms with Crippen molar-refractivity contribution in [1.29, 1.82) is 0 Å². The number of hydrogen-bond donors (Lipinski definition) is 0. The second-order valence-electron chi connectivity index (χ2n) is 8.05. The van der Waals surface area contributed by atoms with Crippen LogP contribution in [0, 0.1) is 0 Å². The fourth-order valence-electron chi connectivity index (χ4n) is 3.74. The number of methoxy groups -OCH3 is 2. The van der Waals surface area contributed by atoms with E-state index in [9.17, 15) is 31.1 Å². The monoisotopic (exact) mass is 558 g/mol. The Morgan fingerprint density at radius 3 is 2.18 bits per heavy atom. The van der Waals surface area contributed by atoms with Gasteiger partial charge in [-0.15, -0.1) is 0 Å². The van der Waals surface area contributed by atoms with Gasteiger partial charge in [0.1, 0.15) is 21.7 Å². The van der Waals surface area contributed by atoms with Gasteiger partial charge >= 0.3 is 12.4 Å². The van der Waals surface area contributed by atoms with Crippen LogP contribution in [0.25, 0.3) is 10.2 Å². The molecule has 2 aromatic carbocycles. The topological polar surface area (TPSA) is 69.5 Å². The van der Waals surface area contributed by atoms with Gasteiger partial charge in [-0.3, -0.25) is 9.69 Å². The Morgan fingerprint density at radius 1 is 1.00 bits per heavy atom. The Bertz CT molecular complexity index is 1360. The molecule has 4 rings (SSSR count). The van der Waals surface area contributed by atoms with Gasteiger partial charge in [-0.25, -0.2) is 9.97 Å². The first kappa shape index (κ1) is 27.2. The predicted molar refractivity (Wildman–Crippen MR) is 128 cm³/mol. The highest BCUT2D eigenvalue weighted by Gasteiger charge is 2.38. The molecular weight excluding hydrogens is 538 g/mol. The number of aromatic nitrogens is 3. The maximum atomic E-state index is 13.6. The summed E-state index contributed by atoms with van der Waals surface area (Å²) in [5.41, 5.74) is -3.60. The molecule has 0 fully saturated rings. The van der Waals surface area contributed by atoms with Crippen molar-refractivity contribution >= 4 is 32.6 Å². The number of fused-ring (bicyclic) bond motifs is 1. The molecule has 7 nitrogen and oxygen atoms in total. The number of imidazole rings is 1. The third-order valence-corrected chi connectivity index (χ3v) is 6.66. The minimum absolute atomic E-state index is 0.0203. The molecule has 0 aliphatic rings. The summed E-state index contributed by atoms with van der Waals surface area (Å²) in [6.45, 7) is 0.330. The van der Waals surface area contributed by atoms with Crippen LogP contribution in [0.3, 0.4) is 0 Å². The molecule has 0 spiro atoms. The molecular formula is C24H20F6N4O3S. The Hall–Kier alpha value is -3.81. The van der Waals surface area contributed by atoms with Crippen molar-refractivity contribution in [3.05, 3.63) is 65.7 Å². The first-order valence-electron chi connectivity index (χ1n) is 11.0. The Morgan fingerprint density at radius 2 is 1.63 bits per heavy atom. The van der Waals surface area contributed by atoms with Gasteiger partial charge in [0.05, 0.1) is 31.7 Å². The zero-order valence-corrected chi connectivity index (χ0v) is 20.7. The Balaban J connectivity index is 1.81. The number of alkyl halides is 6. The van der Waals surface area contributed by atoms with Crippen molar-refractivity contribution < 1.29 is 40.6 Å². The smallest absolute Gasteiger partial charge is 0.416 e. The number of aryl methyl sites for hydroxylation is 1. The first-order chi connectivity index (χ1) is 17.9. The molecule has 4 aromatic rings. The highest BCUT2D eigenvalue weighted by Crippen LogP contribution is 2.41. The minimum Gasteiger partial charge on any atom is -0.495 e. The molecule has 0 saturated heterocycles. The molecule has 38 heavy (non-hydrogen) atoms. The molecule has 0 aliphatic heterocycles. The second-order valence-corrected chi connectivity index (χ2v) is 9.03. The number of benzene rings is 2. The average Bonchev–Trinajstić information content (AvgIpc) is 3.54. The fraction of sp³-hybridized carbons (Fsp3) is 0.292. The van der Waals surface area contributed by atoms with Crippen molar-refractivity contribution in [3.63, 3.8) is 0 Å². The van der Waals surface area contributed by atoms with E-state index in [4.69, 9.17) is 9.47 Å². The summed E-state index contributed by atoms with van der Waals surface area (Å²) < 4.78 is 93.6. The van der Waals surface area contributed by atoms with Crippen LogP contribution in [-0.4, -0.2) is 41.2 Å². The van der Waals surface area contributed by atoms with Crippen molar-refractivity contribution in [2.75, 3.05) is 25.7 Å². The van der Waals surface area contributed by atoms with Crippen LogP contribution in [0.1, 0.15) is 27.9 Å². The number of halogens is 6. The van der Waals surface area contributed by atoms with Crippen LogP contribution in [0.5, 0.6) is 11.5 Å². The molecule has 2 aromatic heterocycles. The van der Waals surface area contributed by atoms with Crippen molar-refractivity contribution in [1.82, 2.24) is 14.5 Å². The van der Waals surface area contributed by atoms with Crippen LogP contribution < -0.4 is 14.4 Å². The Labute approximate surface area is 216 Å². The maximum Gasteiger partial charge on any atom is 0.416 e. The number of anilines is 1. The average molecular weight is 559 g/mol. The largest absolute Gasteiger partial charge is 0.495 e. The first-order valence-corrected chi connectivity index (χ1v) is 11.8. The number of ether oxygens (including phenoxy) is 2. The summed E-state index contributed by atoms with van der Waals surface area (Å²) >= 11 is 1.00. The van der Waals surface area contributed by atoms with Crippen molar-refractivity contribution in [2.45, 2.75) is 25.3 Å². The lowest BCUT2D eigenvalue weighted by molar-refractivity contribution is -0.143. The highest BCUT2D eigenvalue weighted by atomic mass is 32.1. The molecule has 202 valence electrons. The van der Waals surface area contributed by atoms with Crippen molar-refractivity contribution in [3.8, 4) is 11.5 Å². The van der Waals surface area contributed by atoms with Gasteiger partial charge in [0, 0.05) is 31.0 Å². The zero-order valence-electron chi connectivity index (χ0n) is 19.9. The van der Waals surface area contributed by atoms with Gasteiger partial charge in [-0.2, -0.15) is 26.3 Å². The predicted octanol–water partition coefficient (Wildman–Crippen LogP) is 6.28. The van der Waals surface area contributed by atoms with E-state index in [0.29, 0.717) is 46.8 Å². The van der Waals surface area contributed by atoms with E-state index in [1.807, 2.05) is 0 Å². The van der Waals surface area contributed by atoms with Crippen LogP contribution in [0.2, 0.25) is 0 Å². The lowest BCUT2D eigenvalue weighted by Gasteiger charge is -2.21. The van der Waals surface area contributed by atoms with E-state index in [1.54, 1.807) is 35.4 Å². The third-order valence-electron chi connectivity index (χ3n) is 5.57. The van der Waals surface area contributed by atoms with Crippen LogP contribution in [0.4, 0.5) is 31.5 Å². The molecule has 0 saturated carbocycles. The van der Waals surface area contributed by atoms with Gasteiger partial charge in [-0.1, -0.05) is 11.3 Å². The van der Waals surface area contributed by atoms with E-state index in [2.05, 4.69) is 9.97 Å². The Kier molecular flexibility index (Phi) is 7.54. The number of nitrogens with zero attached hydrogens (tertiary/aromatic N) is 4. The van der Waals surface area contributed by atoms with Gasteiger partial charge in [0.15, 0.2) is 5.13 Å². The molecule has 0 N–H and O–H groups in total. The molecule has 0 unspecified atom stereocenters. The molecule has 0 atom stereocenters. The SMILES string of the molecule is COc1ccc(OC)c2sc(N(CCCn3ccnc3)C(=O)c3cc(C(F)(F)F)cc(C(F)(F)F)c3)nc12. The lowest BCUT2D eigenvalue weighted by Crippen LogP contribution is -2.33. The van der Waals surface area contributed by atoms with E-state index < -0.39 is 35.0 Å². The summed E-state index contributed by atoms with van der Waals surface area (Å²) in [5.74, 6) is -0.300. The van der Waals surface area contributed by atoms with Crippen LogP contribution >= 0.6 is 11.3 Å². The quantitative estimate of drug-likeness (QED) is 0.238. The van der Waals surface area contributed by atoms with Crippen LogP contribution in [-0.2, 0) is 18.9 Å². The van der Waals surface area contributed by atoms with Gasteiger partial charge in [0.25, 0.3) is 5.91 Å². The molecule has 0 aliphatic carbocycles. The number of thiazole rings is 1. The molecule has 0 bridgehead atoms. The number of rotatable bonds is 8. The molecule has 14 heteroatoms. The summed E-state index contributed by atoms with van der Waals surface area (Å²) in [7, 11) is 2.84. The summed E-state index contributed by atoms with van der Waals surface area (Å²) in [4.78, 5) is 23.0. The van der Waals surface area contributed by atoms with Crippen molar-refractivity contribution in [2.24, 2.45) is 0 Å². The van der Waals surface area contributed by atoms with E-state index >= 15 is 0 Å². The minimum atomic E-state index is -5.10. The van der Waals surface area contributed by atoms with Gasteiger partial charge in [-0.05, 0) is 36.8 Å². The summed E-state index contributed by atoms with van der Waals surface area (Å²) in [5, 5.41) is 0.0596. The third kappa shape index (κ3) is 5.69. The lowest BCUT2D eigenvalue weighted by atomic mass is 10.0. The summed E-state index contributed by atoms with van der Waals surface area (Å²) in [6.07, 6.45) is -5.12. The number of carbonyl (C=O) groups is 1. The number of carbonyl (C=O) groups excluding carboxylic acids is 1. The summed E-state index contributed by atoms with van der Waals surface area (Å²) in [6, 6.07) is 4.02. The van der Waals surface area contributed by atoms with E-state index in [-0.39, 0.29) is 17.7 Å². The zero-order chi connectivity index (χ0) is 27.7. The molecule has 2 heterocycles. The normalized spacial score (nSPS) is 12.1. The molecule has 0 radical (unpaired) electrons. The van der Waals surface area contributed by atoms with Crippen LogP contribution in [0.15, 0.2) is 49.1 Å². The fourth-order valence-corrected chi connectivity index (χ4v) is 4.84. The van der Waals surface area contributed by atoms with E-state index in [0.717, 1.165) is 16.2 Å². The number of amides is 1. The van der Waals surface area contributed by atoms with Gasteiger partial charge in [0.2, 0.25) is 0 Å². The van der Waals surface area contributed by atoms with Gasteiger partial charge < -0.3 is 14.0 Å². The standard InChI is InChI=1S/C24H20F6N4O3S/c1-36-17-4-5-18(37-2)20-19(17)32-22(38-20)34(8-3-7-33-9-6-31-13-33)21(35)14-10-15(23(25,26)27)12-16(11-14)24(28,29)30/h4-6,9-13H,3,7-8H2,1-2H3. The second kappa shape index (κ2) is 10.5. The maximum absolute atomic E-state index is 13.6. The van der Waals surface area contributed by atoms with E-state index in [1.165, 1.54) is 14.2 Å². The number of hydrogen-bond acceptors (Lipinski definition) is 6. The highest BCUT2D eigenvalue weighted by molar-refractivity contribution is 7.22.